The average Bonchev–Trinajstić information content (AvgIpc) is 2.68. The van der Waals surface area contributed by atoms with Crippen LogP contribution in [-0.4, -0.2) is 58.7 Å². The number of rotatable bonds is 4. The highest BCUT2D eigenvalue weighted by Crippen LogP contribution is 2.23. The molecule has 21 heavy (non-hydrogen) atoms. The van der Waals surface area contributed by atoms with Crippen molar-refractivity contribution in [2.45, 2.75) is 6.92 Å². The minimum atomic E-state index is -1.11. The number of imide groups is 1. The highest BCUT2D eigenvalue weighted by molar-refractivity contribution is 6.21. The highest BCUT2D eigenvalue weighted by Gasteiger charge is 2.33. The number of amides is 3. The van der Waals surface area contributed by atoms with Crippen molar-refractivity contribution in [1.82, 2.24) is 9.80 Å². The van der Waals surface area contributed by atoms with Crippen molar-refractivity contribution in [2.24, 2.45) is 0 Å². The van der Waals surface area contributed by atoms with Crippen LogP contribution in [0.25, 0.3) is 0 Å². The fraction of sp³-hybridized carbons (Fsp3) is 0.286. The zero-order valence-corrected chi connectivity index (χ0v) is 11.6. The molecule has 1 aliphatic rings. The molecule has 2 rings (SSSR count). The van der Waals surface area contributed by atoms with E-state index < -0.39 is 30.2 Å². The summed E-state index contributed by atoms with van der Waals surface area (Å²) in [7, 11) is 1.37. The lowest BCUT2D eigenvalue weighted by Gasteiger charge is -2.18. The van der Waals surface area contributed by atoms with Crippen LogP contribution in [0.5, 0.6) is 0 Å². The topological polar surface area (TPSA) is 95.0 Å². The van der Waals surface area contributed by atoms with Crippen molar-refractivity contribution in [3.05, 3.63) is 34.9 Å². The van der Waals surface area contributed by atoms with Crippen LogP contribution in [0.1, 0.15) is 38.0 Å². The van der Waals surface area contributed by atoms with Crippen LogP contribution >= 0.6 is 0 Å². The van der Waals surface area contributed by atoms with Crippen LogP contribution in [0.3, 0.4) is 0 Å². The van der Waals surface area contributed by atoms with Gasteiger partial charge in [0.25, 0.3) is 17.7 Å². The van der Waals surface area contributed by atoms with E-state index in [9.17, 15) is 19.2 Å². The number of carbonyl (C=O) groups excluding carboxylic acids is 3. The van der Waals surface area contributed by atoms with Gasteiger partial charge in [-0.15, -0.1) is 0 Å². The molecule has 0 aromatic heterocycles. The summed E-state index contributed by atoms with van der Waals surface area (Å²) < 4.78 is 0. The molecule has 0 spiro atoms. The zero-order valence-electron chi connectivity index (χ0n) is 11.6. The Kier molecular flexibility index (Phi) is 3.75. The van der Waals surface area contributed by atoms with Crippen LogP contribution in [0.15, 0.2) is 18.2 Å². The lowest BCUT2D eigenvalue weighted by molar-refractivity contribution is -0.137. The molecule has 0 radical (unpaired) electrons. The molecule has 0 atom stereocenters. The maximum Gasteiger partial charge on any atom is 0.323 e. The van der Waals surface area contributed by atoms with Gasteiger partial charge < -0.3 is 10.0 Å². The van der Waals surface area contributed by atoms with E-state index in [4.69, 9.17) is 5.11 Å². The molecule has 1 aliphatic heterocycles. The molecule has 1 aromatic rings. The van der Waals surface area contributed by atoms with E-state index in [1.54, 1.807) is 6.92 Å². The van der Waals surface area contributed by atoms with Crippen molar-refractivity contribution < 1.29 is 24.3 Å². The molecule has 0 saturated carbocycles. The Labute approximate surface area is 120 Å². The summed E-state index contributed by atoms with van der Waals surface area (Å²) in [5.74, 6) is -2.48. The monoisotopic (exact) mass is 290 g/mol. The van der Waals surface area contributed by atoms with Gasteiger partial charge in [-0.2, -0.15) is 0 Å². The van der Waals surface area contributed by atoms with Crippen molar-refractivity contribution in [1.29, 1.82) is 0 Å². The molecule has 3 amide bonds. The van der Waals surface area contributed by atoms with Crippen LogP contribution in [0, 0.1) is 0 Å². The lowest BCUT2D eigenvalue weighted by Crippen LogP contribution is -2.35. The SMILES string of the molecule is CCN(CC(=O)O)C(=O)c1ccc2c(c1)C(=O)N(C)C2=O. The second-order valence-corrected chi connectivity index (χ2v) is 4.64. The van der Waals surface area contributed by atoms with Gasteiger partial charge in [-0.05, 0) is 25.1 Å². The molecule has 110 valence electrons. The quantitative estimate of drug-likeness (QED) is 0.813. The van der Waals surface area contributed by atoms with Gasteiger partial charge in [0.05, 0.1) is 11.1 Å². The van der Waals surface area contributed by atoms with E-state index in [0.29, 0.717) is 0 Å². The molecule has 0 bridgehead atoms. The Morgan fingerprint density at radius 3 is 2.38 bits per heavy atom. The number of hydrogen-bond donors (Lipinski definition) is 1. The molecular formula is C14H14N2O5. The summed E-state index contributed by atoms with van der Waals surface area (Å²) in [5, 5.41) is 8.78. The van der Waals surface area contributed by atoms with Gasteiger partial charge in [0.15, 0.2) is 0 Å². The fourth-order valence-electron chi connectivity index (χ4n) is 2.17. The van der Waals surface area contributed by atoms with Crippen LogP contribution in [-0.2, 0) is 4.79 Å². The Morgan fingerprint density at radius 1 is 1.19 bits per heavy atom. The first-order valence-corrected chi connectivity index (χ1v) is 6.34. The molecule has 7 nitrogen and oxygen atoms in total. The Balaban J connectivity index is 2.35. The predicted molar refractivity (Wildman–Crippen MR) is 72.1 cm³/mol. The van der Waals surface area contributed by atoms with E-state index in [-0.39, 0.29) is 23.2 Å². The molecular weight excluding hydrogens is 276 g/mol. The molecule has 1 aromatic carbocycles. The van der Waals surface area contributed by atoms with E-state index in [0.717, 1.165) is 9.80 Å². The zero-order chi connectivity index (χ0) is 15.7. The molecule has 0 aliphatic carbocycles. The van der Waals surface area contributed by atoms with E-state index in [2.05, 4.69) is 0 Å². The number of carbonyl (C=O) groups is 4. The fourth-order valence-corrected chi connectivity index (χ4v) is 2.17. The van der Waals surface area contributed by atoms with Gasteiger partial charge in [-0.3, -0.25) is 24.1 Å². The summed E-state index contributed by atoms with van der Waals surface area (Å²) in [6, 6.07) is 4.18. The third-order valence-electron chi connectivity index (χ3n) is 3.33. The third-order valence-corrected chi connectivity index (χ3v) is 3.33. The average molecular weight is 290 g/mol. The normalized spacial score (nSPS) is 13.3. The van der Waals surface area contributed by atoms with Crippen LogP contribution in [0.2, 0.25) is 0 Å². The molecule has 7 heteroatoms. The molecule has 1 N–H and O–H groups in total. The summed E-state index contributed by atoms with van der Waals surface area (Å²) >= 11 is 0. The Hall–Kier alpha value is -2.70. The lowest BCUT2D eigenvalue weighted by atomic mass is 10.0. The van der Waals surface area contributed by atoms with Gasteiger partial charge in [-0.25, -0.2) is 0 Å². The summed E-state index contributed by atoms with van der Waals surface area (Å²) in [6.07, 6.45) is 0. The van der Waals surface area contributed by atoms with Gasteiger partial charge in [0, 0.05) is 19.2 Å². The maximum absolute atomic E-state index is 12.2. The van der Waals surface area contributed by atoms with Crippen molar-refractivity contribution in [2.75, 3.05) is 20.1 Å². The van der Waals surface area contributed by atoms with Gasteiger partial charge in [0.1, 0.15) is 6.54 Å². The highest BCUT2D eigenvalue weighted by atomic mass is 16.4. The Morgan fingerprint density at radius 2 is 1.81 bits per heavy atom. The number of carboxylic acids is 1. The van der Waals surface area contributed by atoms with Gasteiger partial charge in [0.2, 0.25) is 0 Å². The van der Waals surface area contributed by atoms with Gasteiger partial charge in [-0.1, -0.05) is 0 Å². The summed E-state index contributed by atoms with van der Waals surface area (Å²) in [5.41, 5.74) is 0.605. The second kappa shape index (κ2) is 5.35. The number of aliphatic carboxylic acids is 1. The maximum atomic E-state index is 12.2. The number of carboxylic acid groups (broad SMARTS) is 1. The van der Waals surface area contributed by atoms with E-state index in [1.165, 1.54) is 25.2 Å². The standard InChI is InChI=1S/C14H14N2O5/c1-3-16(7-11(17)18)12(19)8-4-5-9-10(6-8)14(21)15(2)13(9)20/h4-6H,3,7H2,1-2H3,(H,17,18). The predicted octanol–water partition coefficient (Wildman–Crippen LogP) is 0.459. The summed E-state index contributed by atoms with van der Waals surface area (Å²) in [6.45, 7) is 1.48. The van der Waals surface area contributed by atoms with E-state index >= 15 is 0 Å². The minimum absolute atomic E-state index is 0.166. The first-order valence-electron chi connectivity index (χ1n) is 6.34. The number of benzene rings is 1. The van der Waals surface area contributed by atoms with Crippen molar-refractivity contribution in [3.63, 3.8) is 0 Å². The molecule has 1 heterocycles. The first kappa shape index (κ1) is 14.7. The number of fused-ring (bicyclic) bond motifs is 1. The smallest absolute Gasteiger partial charge is 0.323 e. The molecule has 0 fully saturated rings. The molecule has 0 unspecified atom stereocenters. The van der Waals surface area contributed by atoms with Crippen molar-refractivity contribution in [3.8, 4) is 0 Å². The van der Waals surface area contributed by atoms with E-state index in [1.807, 2.05) is 0 Å². The number of hydrogen-bond acceptors (Lipinski definition) is 4. The largest absolute Gasteiger partial charge is 0.480 e. The minimum Gasteiger partial charge on any atom is -0.480 e. The number of likely N-dealkylation sites (N-methyl/N-ethyl adjacent to an activating group) is 1. The van der Waals surface area contributed by atoms with Gasteiger partial charge >= 0.3 is 5.97 Å². The van der Waals surface area contributed by atoms with Crippen LogP contribution in [0.4, 0.5) is 0 Å². The van der Waals surface area contributed by atoms with Crippen LogP contribution < -0.4 is 0 Å². The van der Waals surface area contributed by atoms with Crippen molar-refractivity contribution >= 4 is 23.7 Å². The first-order chi connectivity index (χ1) is 9.86. The Bertz CT molecular complexity index is 653. The third kappa shape index (κ3) is 2.49. The second-order valence-electron chi connectivity index (χ2n) is 4.64. The summed E-state index contributed by atoms with van der Waals surface area (Å²) in [4.78, 5) is 48.7. The molecule has 0 saturated heterocycles. The number of nitrogens with zero attached hydrogens (tertiary/aromatic N) is 2.